The molecule has 3 rings (SSSR count). The summed E-state index contributed by atoms with van der Waals surface area (Å²) in [7, 11) is -3.55. The molecule has 1 saturated heterocycles. The topological polar surface area (TPSA) is 63.7 Å². The van der Waals surface area contributed by atoms with Crippen molar-refractivity contribution in [2.24, 2.45) is 0 Å². The molecule has 2 aromatic carbocycles. The highest BCUT2D eigenvalue weighted by Gasteiger charge is 2.27. The van der Waals surface area contributed by atoms with Crippen LogP contribution in [0, 0.1) is 13.8 Å². The van der Waals surface area contributed by atoms with Crippen LogP contribution >= 0.6 is 0 Å². The number of carbonyl (C=O) groups is 1. The van der Waals surface area contributed by atoms with Crippen molar-refractivity contribution in [3.63, 3.8) is 0 Å². The van der Waals surface area contributed by atoms with E-state index in [2.05, 4.69) is 0 Å². The smallest absolute Gasteiger partial charge is 0.338 e. The number of benzene rings is 2. The number of esters is 1. The van der Waals surface area contributed by atoms with Crippen molar-refractivity contribution in [2.45, 2.75) is 38.2 Å². The zero-order valence-electron chi connectivity index (χ0n) is 15.1. The normalized spacial score (nSPS) is 15.2. The summed E-state index contributed by atoms with van der Waals surface area (Å²) in [6, 6.07) is 12.1. The Morgan fingerprint density at radius 1 is 1.08 bits per heavy atom. The molecule has 138 valence electrons. The standard InChI is InChI=1S/C20H23NO4S/c1-15-8-9-16(2)18(12-15)14-25-20(22)17-6-5-7-19(13-17)26(23,24)21-10-3-4-11-21/h5-9,12-13H,3-4,10-11,14H2,1-2H3. The predicted octanol–water partition coefficient (Wildman–Crippen LogP) is 3.44. The van der Waals surface area contributed by atoms with Crippen LogP contribution in [0.3, 0.4) is 0 Å². The molecular formula is C20H23NO4S. The average Bonchev–Trinajstić information content (AvgIpc) is 3.18. The van der Waals surface area contributed by atoms with Crippen LogP contribution in [-0.2, 0) is 21.4 Å². The predicted molar refractivity (Wildman–Crippen MR) is 99.5 cm³/mol. The first-order valence-electron chi connectivity index (χ1n) is 8.71. The first-order valence-corrected chi connectivity index (χ1v) is 10.2. The molecule has 0 atom stereocenters. The third kappa shape index (κ3) is 3.97. The Hall–Kier alpha value is -2.18. The van der Waals surface area contributed by atoms with Gasteiger partial charge in [0.05, 0.1) is 10.5 Å². The largest absolute Gasteiger partial charge is 0.457 e. The van der Waals surface area contributed by atoms with E-state index < -0.39 is 16.0 Å². The van der Waals surface area contributed by atoms with Gasteiger partial charge in [-0.25, -0.2) is 13.2 Å². The lowest BCUT2D eigenvalue weighted by Gasteiger charge is -2.16. The van der Waals surface area contributed by atoms with E-state index in [1.807, 2.05) is 32.0 Å². The summed E-state index contributed by atoms with van der Waals surface area (Å²) in [5, 5.41) is 0. The van der Waals surface area contributed by atoms with E-state index in [0.29, 0.717) is 13.1 Å². The monoisotopic (exact) mass is 373 g/mol. The van der Waals surface area contributed by atoms with Crippen molar-refractivity contribution in [1.82, 2.24) is 4.31 Å². The summed E-state index contributed by atoms with van der Waals surface area (Å²) in [5.41, 5.74) is 3.34. The fourth-order valence-corrected chi connectivity index (χ4v) is 4.61. The second kappa shape index (κ2) is 7.60. The second-order valence-electron chi connectivity index (χ2n) is 6.65. The van der Waals surface area contributed by atoms with Gasteiger partial charge < -0.3 is 4.74 Å². The van der Waals surface area contributed by atoms with Gasteiger partial charge in [0.1, 0.15) is 6.61 Å². The summed E-state index contributed by atoms with van der Waals surface area (Å²) >= 11 is 0. The van der Waals surface area contributed by atoms with Gasteiger partial charge >= 0.3 is 5.97 Å². The van der Waals surface area contributed by atoms with Crippen molar-refractivity contribution in [2.75, 3.05) is 13.1 Å². The van der Waals surface area contributed by atoms with Gasteiger partial charge in [-0.05, 0) is 56.0 Å². The molecule has 5 nitrogen and oxygen atoms in total. The minimum Gasteiger partial charge on any atom is -0.457 e. The molecule has 6 heteroatoms. The van der Waals surface area contributed by atoms with Gasteiger partial charge in [-0.15, -0.1) is 0 Å². The highest BCUT2D eigenvalue weighted by atomic mass is 32.2. The summed E-state index contributed by atoms with van der Waals surface area (Å²) in [4.78, 5) is 12.5. The zero-order chi connectivity index (χ0) is 18.7. The van der Waals surface area contributed by atoms with Crippen LogP contribution in [-0.4, -0.2) is 31.8 Å². The van der Waals surface area contributed by atoms with E-state index in [0.717, 1.165) is 29.5 Å². The van der Waals surface area contributed by atoms with Crippen LogP contribution in [0.4, 0.5) is 0 Å². The van der Waals surface area contributed by atoms with Gasteiger partial charge in [-0.2, -0.15) is 4.31 Å². The molecule has 1 aliphatic heterocycles. The lowest BCUT2D eigenvalue weighted by molar-refractivity contribution is 0.0471. The minimum atomic E-state index is -3.55. The van der Waals surface area contributed by atoms with E-state index >= 15 is 0 Å². The van der Waals surface area contributed by atoms with Crippen LogP contribution < -0.4 is 0 Å². The molecule has 0 aliphatic carbocycles. The van der Waals surface area contributed by atoms with E-state index in [1.54, 1.807) is 12.1 Å². The number of ether oxygens (including phenoxy) is 1. The summed E-state index contributed by atoms with van der Waals surface area (Å²) < 4.78 is 32.2. The Morgan fingerprint density at radius 3 is 2.54 bits per heavy atom. The van der Waals surface area contributed by atoms with Gasteiger partial charge in [0, 0.05) is 13.1 Å². The Balaban J connectivity index is 1.75. The minimum absolute atomic E-state index is 0.139. The van der Waals surface area contributed by atoms with Crippen LogP contribution in [0.2, 0.25) is 0 Å². The number of nitrogens with zero attached hydrogens (tertiary/aromatic N) is 1. The van der Waals surface area contributed by atoms with Gasteiger partial charge in [-0.3, -0.25) is 0 Å². The number of hydrogen-bond acceptors (Lipinski definition) is 4. The number of hydrogen-bond donors (Lipinski definition) is 0. The molecule has 0 aromatic heterocycles. The van der Waals surface area contributed by atoms with Crippen molar-refractivity contribution in [3.05, 3.63) is 64.7 Å². The Labute approximate surface area is 154 Å². The lowest BCUT2D eigenvalue weighted by atomic mass is 10.1. The Kier molecular flexibility index (Phi) is 5.44. The number of aryl methyl sites for hydroxylation is 2. The quantitative estimate of drug-likeness (QED) is 0.753. The fourth-order valence-electron chi connectivity index (χ4n) is 3.04. The van der Waals surface area contributed by atoms with Crippen LogP contribution in [0.15, 0.2) is 47.4 Å². The molecule has 0 unspecified atom stereocenters. The maximum Gasteiger partial charge on any atom is 0.338 e. The van der Waals surface area contributed by atoms with Crippen molar-refractivity contribution < 1.29 is 17.9 Å². The van der Waals surface area contributed by atoms with Crippen LogP contribution in [0.25, 0.3) is 0 Å². The van der Waals surface area contributed by atoms with E-state index in [-0.39, 0.29) is 17.1 Å². The Bertz CT molecular complexity index is 915. The molecule has 0 N–H and O–H groups in total. The summed E-state index contributed by atoms with van der Waals surface area (Å²) in [6.45, 7) is 5.17. The van der Waals surface area contributed by atoms with E-state index in [1.165, 1.54) is 16.4 Å². The molecule has 0 saturated carbocycles. The number of carbonyl (C=O) groups excluding carboxylic acids is 1. The molecule has 1 heterocycles. The summed E-state index contributed by atoms with van der Waals surface area (Å²) in [6.07, 6.45) is 1.74. The number of rotatable bonds is 5. The van der Waals surface area contributed by atoms with Crippen LogP contribution in [0.1, 0.15) is 39.9 Å². The number of sulfonamides is 1. The van der Waals surface area contributed by atoms with Crippen molar-refractivity contribution in [1.29, 1.82) is 0 Å². The molecule has 2 aromatic rings. The zero-order valence-corrected chi connectivity index (χ0v) is 15.9. The van der Waals surface area contributed by atoms with Crippen molar-refractivity contribution >= 4 is 16.0 Å². The van der Waals surface area contributed by atoms with E-state index in [4.69, 9.17) is 4.74 Å². The second-order valence-corrected chi connectivity index (χ2v) is 8.58. The highest BCUT2D eigenvalue weighted by molar-refractivity contribution is 7.89. The molecule has 0 bridgehead atoms. The Morgan fingerprint density at radius 2 is 1.81 bits per heavy atom. The molecular weight excluding hydrogens is 350 g/mol. The van der Waals surface area contributed by atoms with Crippen LogP contribution in [0.5, 0.6) is 0 Å². The average molecular weight is 373 g/mol. The maximum absolute atomic E-state index is 12.6. The molecule has 0 spiro atoms. The molecule has 1 aliphatic rings. The van der Waals surface area contributed by atoms with Crippen molar-refractivity contribution in [3.8, 4) is 0 Å². The first kappa shape index (κ1) is 18.6. The lowest BCUT2D eigenvalue weighted by Crippen LogP contribution is -2.28. The SMILES string of the molecule is Cc1ccc(C)c(COC(=O)c2cccc(S(=O)(=O)N3CCCC3)c2)c1. The van der Waals surface area contributed by atoms with Gasteiger partial charge in [-0.1, -0.05) is 29.8 Å². The van der Waals surface area contributed by atoms with Gasteiger partial charge in [0.25, 0.3) is 0 Å². The molecule has 0 radical (unpaired) electrons. The summed E-state index contributed by atoms with van der Waals surface area (Å²) in [5.74, 6) is -0.524. The third-order valence-electron chi connectivity index (χ3n) is 4.64. The third-order valence-corrected chi connectivity index (χ3v) is 6.53. The molecule has 0 amide bonds. The van der Waals surface area contributed by atoms with Gasteiger partial charge in [0.15, 0.2) is 0 Å². The van der Waals surface area contributed by atoms with E-state index in [9.17, 15) is 13.2 Å². The highest BCUT2D eigenvalue weighted by Crippen LogP contribution is 2.22. The fraction of sp³-hybridized carbons (Fsp3) is 0.350. The van der Waals surface area contributed by atoms with Gasteiger partial charge in [0.2, 0.25) is 10.0 Å². The maximum atomic E-state index is 12.6. The molecule has 1 fully saturated rings. The molecule has 26 heavy (non-hydrogen) atoms. The first-order chi connectivity index (χ1) is 12.4.